The van der Waals surface area contributed by atoms with Crippen molar-refractivity contribution in [2.24, 2.45) is 0 Å². The molecule has 0 bridgehead atoms. The number of hydrogen-bond acceptors (Lipinski definition) is 5. The van der Waals surface area contributed by atoms with Crippen LogP contribution in [0.25, 0.3) is 11.5 Å². The molecule has 0 saturated carbocycles. The van der Waals surface area contributed by atoms with E-state index in [0.717, 1.165) is 28.7 Å². The first-order valence-corrected chi connectivity index (χ1v) is 9.94. The molecule has 0 spiro atoms. The van der Waals surface area contributed by atoms with E-state index in [-0.39, 0.29) is 11.2 Å². The number of carbonyl (C=O) groups is 1. The van der Waals surface area contributed by atoms with E-state index >= 15 is 0 Å². The second kappa shape index (κ2) is 7.25. The van der Waals surface area contributed by atoms with Crippen molar-refractivity contribution in [3.8, 4) is 11.5 Å². The largest absolute Gasteiger partial charge is 0.411 e. The summed E-state index contributed by atoms with van der Waals surface area (Å²) in [4.78, 5) is 14.7. The minimum Gasteiger partial charge on any atom is -0.411 e. The minimum atomic E-state index is -0.306. The van der Waals surface area contributed by atoms with Gasteiger partial charge in [0.2, 0.25) is 11.8 Å². The van der Waals surface area contributed by atoms with Crippen molar-refractivity contribution >= 4 is 39.3 Å². The molecule has 1 aliphatic heterocycles. The molecule has 0 saturated heterocycles. The van der Waals surface area contributed by atoms with Gasteiger partial charge in [-0.2, -0.15) is 0 Å². The van der Waals surface area contributed by atoms with Crippen LogP contribution < -0.4 is 4.90 Å². The summed E-state index contributed by atoms with van der Waals surface area (Å²) in [6.45, 7) is 2.59. The normalized spacial score (nSPS) is 14.3. The van der Waals surface area contributed by atoms with E-state index in [1.165, 1.54) is 17.3 Å². The van der Waals surface area contributed by atoms with Crippen LogP contribution in [0.4, 0.5) is 5.69 Å². The van der Waals surface area contributed by atoms with Crippen LogP contribution in [0.3, 0.4) is 0 Å². The fraction of sp³-hybridized carbons (Fsp3) is 0.211. The van der Waals surface area contributed by atoms with Crippen molar-refractivity contribution in [1.82, 2.24) is 10.2 Å². The van der Waals surface area contributed by atoms with Crippen LogP contribution in [0.5, 0.6) is 0 Å². The van der Waals surface area contributed by atoms with Crippen LogP contribution in [0.1, 0.15) is 12.5 Å². The van der Waals surface area contributed by atoms with Crippen molar-refractivity contribution in [2.75, 3.05) is 11.4 Å². The Balaban J connectivity index is 1.46. The Morgan fingerprint density at radius 3 is 2.77 bits per heavy atom. The lowest BCUT2D eigenvalue weighted by molar-refractivity contribution is -0.117. The van der Waals surface area contributed by atoms with Gasteiger partial charge >= 0.3 is 0 Å². The lowest BCUT2D eigenvalue weighted by Crippen LogP contribution is -2.35. The molecule has 2 aromatic carbocycles. The van der Waals surface area contributed by atoms with Crippen molar-refractivity contribution in [3.05, 3.63) is 58.6 Å². The highest BCUT2D eigenvalue weighted by Gasteiger charge is 2.29. The van der Waals surface area contributed by atoms with E-state index in [1.807, 2.05) is 54.3 Å². The third kappa shape index (κ3) is 3.41. The van der Waals surface area contributed by atoms with Crippen molar-refractivity contribution in [3.63, 3.8) is 0 Å². The molecule has 1 atom stereocenters. The monoisotopic (exact) mass is 429 g/mol. The standard InChI is InChI=1S/C19H16BrN3O2S/c1-12(18(24)23-11-10-13-4-2-3-5-16(13)23)26-19-22-21-17(25-19)14-6-8-15(20)9-7-14/h2-9,12H,10-11H2,1H3. The Morgan fingerprint density at radius 1 is 1.19 bits per heavy atom. The van der Waals surface area contributed by atoms with Crippen LogP contribution in [0, 0.1) is 0 Å². The van der Waals surface area contributed by atoms with Crippen LogP contribution in [-0.2, 0) is 11.2 Å². The fourth-order valence-corrected chi connectivity index (χ4v) is 3.96. The highest BCUT2D eigenvalue weighted by molar-refractivity contribution is 9.10. The number of rotatable bonds is 4. The van der Waals surface area contributed by atoms with E-state index in [2.05, 4.69) is 32.2 Å². The molecule has 7 heteroatoms. The molecule has 26 heavy (non-hydrogen) atoms. The van der Waals surface area contributed by atoms with Gasteiger partial charge in [0, 0.05) is 22.3 Å². The summed E-state index contributed by atoms with van der Waals surface area (Å²) >= 11 is 4.69. The van der Waals surface area contributed by atoms with Gasteiger partial charge in [0.15, 0.2) is 0 Å². The average molecular weight is 430 g/mol. The number of nitrogens with zero attached hydrogens (tertiary/aromatic N) is 3. The Labute approximate surface area is 163 Å². The first kappa shape index (κ1) is 17.3. The number of aromatic nitrogens is 2. The van der Waals surface area contributed by atoms with E-state index in [9.17, 15) is 4.79 Å². The fourth-order valence-electron chi connectivity index (χ4n) is 2.95. The number of fused-ring (bicyclic) bond motifs is 1. The summed E-state index contributed by atoms with van der Waals surface area (Å²) in [7, 11) is 0. The van der Waals surface area contributed by atoms with Crippen molar-refractivity contribution in [1.29, 1.82) is 0 Å². The zero-order chi connectivity index (χ0) is 18.1. The van der Waals surface area contributed by atoms with Gasteiger partial charge in [0.25, 0.3) is 5.22 Å². The van der Waals surface area contributed by atoms with E-state index in [4.69, 9.17) is 4.42 Å². The summed E-state index contributed by atoms with van der Waals surface area (Å²) in [6.07, 6.45) is 0.896. The first-order valence-electron chi connectivity index (χ1n) is 8.27. The number of halogens is 1. The van der Waals surface area contributed by atoms with Gasteiger partial charge < -0.3 is 9.32 Å². The quantitative estimate of drug-likeness (QED) is 0.568. The molecule has 1 amide bonds. The van der Waals surface area contributed by atoms with Crippen molar-refractivity contribution < 1.29 is 9.21 Å². The maximum atomic E-state index is 12.8. The number of benzene rings is 2. The number of thioether (sulfide) groups is 1. The van der Waals surface area contributed by atoms with Gasteiger partial charge in [0.05, 0.1) is 5.25 Å². The molecule has 2 heterocycles. The maximum absolute atomic E-state index is 12.8. The zero-order valence-electron chi connectivity index (χ0n) is 14.1. The summed E-state index contributed by atoms with van der Waals surface area (Å²) < 4.78 is 6.70. The molecule has 5 nitrogen and oxygen atoms in total. The second-order valence-electron chi connectivity index (χ2n) is 6.01. The summed E-state index contributed by atoms with van der Waals surface area (Å²) in [5, 5.41) is 8.25. The predicted molar refractivity (Wildman–Crippen MR) is 105 cm³/mol. The predicted octanol–water partition coefficient (Wildman–Crippen LogP) is 4.57. The molecule has 0 N–H and O–H groups in total. The molecule has 132 valence electrons. The van der Waals surface area contributed by atoms with Gasteiger partial charge in [-0.05, 0) is 49.2 Å². The van der Waals surface area contributed by atoms with E-state index < -0.39 is 0 Å². The number of hydrogen-bond donors (Lipinski definition) is 0. The average Bonchev–Trinajstić information content (AvgIpc) is 3.29. The van der Waals surface area contributed by atoms with Crippen LogP contribution >= 0.6 is 27.7 Å². The minimum absolute atomic E-state index is 0.0586. The molecule has 1 aliphatic rings. The molecule has 0 aliphatic carbocycles. The van der Waals surface area contributed by atoms with Gasteiger partial charge in [-0.15, -0.1) is 10.2 Å². The summed E-state index contributed by atoms with van der Waals surface area (Å²) in [5.41, 5.74) is 3.07. The van der Waals surface area contributed by atoms with Crippen LogP contribution in [-0.4, -0.2) is 27.9 Å². The first-order chi connectivity index (χ1) is 12.6. The highest BCUT2D eigenvalue weighted by Crippen LogP contribution is 2.32. The Bertz CT molecular complexity index is 942. The number of carbonyl (C=O) groups excluding carboxylic acids is 1. The molecule has 1 unspecified atom stereocenters. The molecule has 1 aromatic heterocycles. The van der Waals surface area contributed by atoms with Gasteiger partial charge in [-0.1, -0.05) is 45.9 Å². The maximum Gasteiger partial charge on any atom is 0.277 e. The summed E-state index contributed by atoms with van der Waals surface area (Å²) in [6, 6.07) is 15.7. The molecule has 4 rings (SSSR count). The smallest absolute Gasteiger partial charge is 0.277 e. The Morgan fingerprint density at radius 2 is 1.96 bits per heavy atom. The number of amides is 1. The topological polar surface area (TPSA) is 59.2 Å². The number of anilines is 1. The van der Waals surface area contributed by atoms with Crippen LogP contribution in [0.2, 0.25) is 0 Å². The Hall–Kier alpha value is -2.12. The van der Waals surface area contributed by atoms with Gasteiger partial charge in [0.1, 0.15) is 0 Å². The highest BCUT2D eigenvalue weighted by atomic mass is 79.9. The lowest BCUT2D eigenvalue weighted by Gasteiger charge is -2.20. The third-order valence-electron chi connectivity index (χ3n) is 4.28. The molecule has 0 fully saturated rings. The molecular formula is C19H16BrN3O2S. The van der Waals surface area contributed by atoms with E-state index in [1.54, 1.807) is 0 Å². The molecular weight excluding hydrogens is 414 g/mol. The number of para-hydroxylation sites is 1. The second-order valence-corrected chi connectivity index (χ2v) is 8.22. The third-order valence-corrected chi connectivity index (χ3v) is 5.73. The SMILES string of the molecule is CC(Sc1nnc(-c2ccc(Br)cc2)o1)C(=O)N1CCc2ccccc21. The van der Waals surface area contributed by atoms with Gasteiger partial charge in [-0.3, -0.25) is 4.79 Å². The zero-order valence-corrected chi connectivity index (χ0v) is 16.5. The van der Waals surface area contributed by atoms with Gasteiger partial charge in [-0.25, -0.2) is 0 Å². The molecule has 3 aromatic rings. The summed E-state index contributed by atoms with van der Waals surface area (Å²) in [5.74, 6) is 0.509. The van der Waals surface area contributed by atoms with E-state index in [0.29, 0.717) is 11.1 Å². The molecule has 0 radical (unpaired) electrons. The van der Waals surface area contributed by atoms with Crippen LogP contribution in [0.15, 0.2) is 62.6 Å². The lowest BCUT2D eigenvalue weighted by atomic mass is 10.2. The Kier molecular flexibility index (Phi) is 4.82. The van der Waals surface area contributed by atoms with Crippen molar-refractivity contribution in [2.45, 2.75) is 23.8 Å².